The maximum Gasteiger partial charge on any atom is 0.121 e. The Bertz CT molecular complexity index is 874. The van der Waals surface area contributed by atoms with Crippen molar-refractivity contribution in [2.75, 3.05) is 0 Å². The predicted octanol–water partition coefficient (Wildman–Crippen LogP) is 4.15. The van der Waals surface area contributed by atoms with E-state index in [0.717, 1.165) is 24.4 Å². The third kappa shape index (κ3) is 1.89. The summed E-state index contributed by atoms with van der Waals surface area (Å²) < 4.78 is 2.01. The van der Waals surface area contributed by atoms with Crippen molar-refractivity contribution in [3.63, 3.8) is 0 Å². The summed E-state index contributed by atoms with van der Waals surface area (Å²) in [5, 5.41) is 8.86. The molecule has 2 aromatic carbocycles. The van der Waals surface area contributed by atoms with Gasteiger partial charge in [-0.2, -0.15) is 0 Å². The first-order valence-electron chi connectivity index (χ1n) is 7.80. The summed E-state index contributed by atoms with van der Waals surface area (Å²) in [4.78, 5) is 0. The molecule has 0 saturated carbocycles. The molecule has 1 heterocycles. The van der Waals surface area contributed by atoms with Crippen LogP contribution >= 0.6 is 0 Å². The van der Waals surface area contributed by atoms with E-state index in [4.69, 9.17) is 0 Å². The van der Waals surface area contributed by atoms with Crippen molar-refractivity contribution >= 4 is 0 Å². The molecule has 0 fully saturated rings. The second-order valence-electron chi connectivity index (χ2n) is 6.10. The van der Waals surface area contributed by atoms with Crippen LogP contribution in [0.15, 0.2) is 36.4 Å². The van der Waals surface area contributed by atoms with Crippen LogP contribution in [0.1, 0.15) is 29.2 Å². The molecule has 3 aromatic rings. The van der Waals surface area contributed by atoms with Gasteiger partial charge in [-0.05, 0) is 38.3 Å². The molecule has 0 saturated heterocycles. The van der Waals surface area contributed by atoms with E-state index in [-0.39, 0.29) is 0 Å². The first-order chi connectivity index (χ1) is 10.7. The Morgan fingerprint density at radius 2 is 1.59 bits per heavy atom. The topological polar surface area (TPSA) is 30.7 Å². The Hall–Kier alpha value is -2.42. The number of fused-ring (bicyclic) bond motifs is 5. The van der Waals surface area contributed by atoms with Gasteiger partial charge in [0.15, 0.2) is 0 Å². The minimum absolute atomic E-state index is 0.830. The maximum absolute atomic E-state index is 4.49. The van der Waals surface area contributed by atoms with Crippen LogP contribution in [-0.4, -0.2) is 15.0 Å². The molecule has 1 aliphatic carbocycles. The third-order valence-electron chi connectivity index (χ3n) is 4.45. The molecule has 0 unspecified atom stereocenters. The van der Waals surface area contributed by atoms with E-state index in [1.54, 1.807) is 0 Å². The number of nitrogens with zero attached hydrogens (tertiary/aromatic N) is 3. The first-order valence-corrected chi connectivity index (χ1v) is 7.80. The molecule has 0 amide bonds. The average molecular weight is 289 g/mol. The van der Waals surface area contributed by atoms with E-state index in [2.05, 4.69) is 67.5 Å². The molecule has 0 bridgehead atoms. The fourth-order valence-corrected chi connectivity index (χ4v) is 3.39. The first kappa shape index (κ1) is 13.3. The molecule has 0 spiro atoms. The Balaban J connectivity index is 2.10. The summed E-state index contributed by atoms with van der Waals surface area (Å²) in [7, 11) is 0. The number of rotatable bonds is 1. The lowest BCUT2D eigenvalue weighted by molar-refractivity contribution is 0.632. The number of hydrogen-bond donors (Lipinski definition) is 0. The highest BCUT2D eigenvalue weighted by molar-refractivity contribution is 5.84. The van der Waals surface area contributed by atoms with Crippen molar-refractivity contribution in [1.82, 2.24) is 15.0 Å². The molecule has 110 valence electrons. The molecule has 1 aromatic heterocycles. The largest absolute Gasteiger partial charge is 0.244 e. The van der Waals surface area contributed by atoms with E-state index >= 15 is 0 Å². The van der Waals surface area contributed by atoms with Crippen molar-refractivity contribution in [2.45, 2.75) is 33.7 Å². The summed E-state index contributed by atoms with van der Waals surface area (Å²) in [6.07, 6.45) is 0.952. The van der Waals surface area contributed by atoms with Crippen molar-refractivity contribution in [1.29, 1.82) is 0 Å². The van der Waals surface area contributed by atoms with E-state index in [9.17, 15) is 0 Å². The van der Waals surface area contributed by atoms with Gasteiger partial charge < -0.3 is 0 Å². The fraction of sp³-hybridized carbons (Fsp3) is 0.263. The second-order valence-corrected chi connectivity index (χ2v) is 6.10. The van der Waals surface area contributed by atoms with Crippen LogP contribution in [0, 0.1) is 13.8 Å². The second kappa shape index (κ2) is 4.80. The van der Waals surface area contributed by atoms with Crippen LogP contribution in [-0.2, 0) is 13.0 Å². The van der Waals surface area contributed by atoms with Gasteiger partial charge in [-0.1, -0.05) is 52.7 Å². The zero-order valence-electron chi connectivity index (χ0n) is 13.2. The van der Waals surface area contributed by atoms with Crippen molar-refractivity contribution in [3.8, 4) is 22.5 Å². The van der Waals surface area contributed by atoms with Gasteiger partial charge in [0.25, 0.3) is 0 Å². The minimum atomic E-state index is 0.830. The van der Waals surface area contributed by atoms with E-state index < -0.39 is 0 Å². The van der Waals surface area contributed by atoms with Crippen LogP contribution < -0.4 is 0 Å². The van der Waals surface area contributed by atoms with Gasteiger partial charge in [-0.15, -0.1) is 5.10 Å². The van der Waals surface area contributed by atoms with Gasteiger partial charge in [0.05, 0.1) is 5.69 Å². The number of benzene rings is 2. The lowest BCUT2D eigenvalue weighted by Crippen LogP contribution is -2.01. The van der Waals surface area contributed by atoms with Crippen LogP contribution in [0.3, 0.4) is 0 Å². The smallest absolute Gasteiger partial charge is 0.121 e. The van der Waals surface area contributed by atoms with Crippen LogP contribution in [0.5, 0.6) is 0 Å². The van der Waals surface area contributed by atoms with Crippen molar-refractivity contribution in [2.24, 2.45) is 0 Å². The highest BCUT2D eigenvalue weighted by Crippen LogP contribution is 2.39. The standard InChI is InChI=1S/C19H19N3/c1-4-22-19-17-8-6-13(3)10-15(17)11-14-9-12(2)5-7-16(14)18(19)20-21-22/h5-10H,4,11H2,1-3H3. The lowest BCUT2D eigenvalue weighted by atomic mass is 9.97. The Kier molecular flexibility index (Phi) is 2.89. The molecule has 0 N–H and O–H groups in total. The van der Waals surface area contributed by atoms with Gasteiger partial charge in [0, 0.05) is 17.7 Å². The SMILES string of the molecule is CCn1nnc2c1-c1ccc(C)cc1Cc1cc(C)ccc1-2. The molecular weight excluding hydrogens is 270 g/mol. The molecule has 4 rings (SSSR count). The average Bonchev–Trinajstić information content (AvgIpc) is 2.86. The number of aromatic nitrogens is 3. The summed E-state index contributed by atoms with van der Waals surface area (Å²) in [6.45, 7) is 7.24. The fourth-order valence-electron chi connectivity index (χ4n) is 3.39. The molecular formula is C19H19N3. The van der Waals surface area contributed by atoms with Gasteiger partial charge in [0.1, 0.15) is 5.69 Å². The molecule has 0 radical (unpaired) electrons. The van der Waals surface area contributed by atoms with Gasteiger partial charge in [-0.25, -0.2) is 4.68 Å². The molecule has 22 heavy (non-hydrogen) atoms. The zero-order valence-corrected chi connectivity index (χ0v) is 13.2. The summed E-state index contributed by atoms with van der Waals surface area (Å²) in [5.41, 5.74) is 9.94. The predicted molar refractivity (Wildman–Crippen MR) is 88.8 cm³/mol. The van der Waals surface area contributed by atoms with Gasteiger partial charge in [-0.3, -0.25) is 0 Å². The van der Waals surface area contributed by atoms with Crippen LogP contribution in [0.4, 0.5) is 0 Å². The van der Waals surface area contributed by atoms with Crippen molar-refractivity contribution < 1.29 is 0 Å². The van der Waals surface area contributed by atoms with Crippen LogP contribution in [0.2, 0.25) is 0 Å². The van der Waals surface area contributed by atoms with Gasteiger partial charge >= 0.3 is 0 Å². The van der Waals surface area contributed by atoms with Gasteiger partial charge in [0.2, 0.25) is 0 Å². The zero-order chi connectivity index (χ0) is 15.3. The highest BCUT2D eigenvalue weighted by atomic mass is 15.4. The molecule has 0 atom stereocenters. The maximum atomic E-state index is 4.49. The lowest BCUT2D eigenvalue weighted by Gasteiger charge is -2.10. The molecule has 3 heteroatoms. The summed E-state index contributed by atoms with van der Waals surface area (Å²) in [6, 6.07) is 13.3. The van der Waals surface area contributed by atoms with E-state index in [1.165, 1.54) is 33.4 Å². The Labute approximate surface area is 130 Å². The van der Waals surface area contributed by atoms with E-state index in [1.807, 2.05) is 4.68 Å². The van der Waals surface area contributed by atoms with Crippen LogP contribution in [0.25, 0.3) is 22.5 Å². The molecule has 1 aliphatic rings. The minimum Gasteiger partial charge on any atom is -0.244 e. The number of aryl methyl sites for hydroxylation is 3. The highest BCUT2D eigenvalue weighted by Gasteiger charge is 2.24. The quantitative estimate of drug-likeness (QED) is 0.527. The van der Waals surface area contributed by atoms with Crippen molar-refractivity contribution in [3.05, 3.63) is 58.7 Å². The number of hydrogen-bond acceptors (Lipinski definition) is 2. The monoisotopic (exact) mass is 289 g/mol. The third-order valence-corrected chi connectivity index (χ3v) is 4.45. The molecule has 0 aliphatic heterocycles. The Morgan fingerprint density at radius 1 is 0.955 bits per heavy atom. The normalized spacial score (nSPS) is 12.3. The summed E-state index contributed by atoms with van der Waals surface area (Å²) in [5.74, 6) is 0. The summed E-state index contributed by atoms with van der Waals surface area (Å²) >= 11 is 0. The Morgan fingerprint density at radius 3 is 2.27 bits per heavy atom. The van der Waals surface area contributed by atoms with E-state index in [0.29, 0.717) is 0 Å². The molecule has 3 nitrogen and oxygen atoms in total.